The highest BCUT2D eigenvalue weighted by Crippen LogP contribution is 2.01. The summed E-state index contributed by atoms with van der Waals surface area (Å²) < 4.78 is 0. The molecule has 1 aliphatic rings. The van der Waals surface area contributed by atoms with Gasteiger partial charge in [-0.15, -0.1) is 0 Å². The van der Waals surface area contributed by atoms with E-state index in [4.69, 9.17) is 0 Å². The van der Waals surface area contributed by atoms with Crippen LogP contribution in [0.4, 0.5) is 0 Å². The number of amides is 2. The van der Waals surface area contributed by atoms with E-state index in [0.717, 1.165) is 6.54 Å². The van der Waals surface area contributed by atoms with Crippen LogP contribution in [0.15, 0.2) is 0 Å². The van der Waals surface area contributed by atoms with E-state index in [9.17, 15) is 9.59 Å². The summed E-state index contributed by atoms with van der Waals surface area (Å²) in [6, 6.07) is 0. The molecule has 1 heterocycles. The van der Waals surface area contributed by atoms with Gasteiger partial charge in [0, 0.05) is 19.6 Å². The third kappa shape index (κ3) is 2.70. The first-order valence-electron chi connectivity index (χ1n) is 4.87. The van der Waals surface area contributed by atoms with Crippen molar-refractivity contribution in [1.29, 1.82) is 0 Å². The van der Waals surface area contributed by atoms with E-state index in [2.05, 4.69) is 17.6 Å². The molecule has 0 aromatic heterocycles. The van der Waals surface area contributed by atoms with Gasteiger partial charge in [0.1, 0.15) is 0 Å². The summed E-state index contributed by atoms with van der Waals surface area (Å²) >= 11 is 0. The third-order valence-corrected chi connectivity index (χ3v) is 2.23. The van der Waals surface area contributed by atoms with Crippen molar-refractivity contribution in [2.24, 2.45) is 5.92 Å². The summed E-state index contributed by atoms with van der Waals surface area (Å²) in [4.78, 5) is 24.0. The first kappa shape index (κ1) is 11.0. The van der Waals surface area contributed by atoms with Gasteiger partial charge < -0.3 is 15.5 Å². The van der Waals surface area contributed by atoms with Crippen molar-refractivity contribution in [3.8, 4) is 0 Å². The molecule has 1 atom stereocenters. The molecular weight excluding hydrogens is 182 g/mol. The van der Waals surface area contributed by atoms with Crippen LogP contribution in [0.3, 0.4) is 0 Å². The van der Waals surface area contributed by atoms with Crippen LogP contribution in [0.5, 0.6) is 0 Å². The quantitative estimate of drug-likeness (QED) is 0.559. The van der Waals surface area contributed by atoms with E-state index in [1.807, 2.05) is 7.05 Å². The van der Waals surface area contributed by atoms with E-state index in [0.29, 0.717) is 25.6 Å². The summed E-state index contributed by atoms with van der Waals surface area (Å²) in [5, 5.41) is 5.57. The van der Waals surface area contributed by atoms with Gasteiger partial charge in [-0.25, -0.2) is 0 Å². The zero-order valence-corrected chi connectivity index (χ0v) is 8.67. The molecule has 1 rings (SSSR count). The monoisotopic (exact) mass is 199 g/mol. The van der Waals surface area contributed by atoms with Gasteiger partial charge in [0.25, 0.3) is 0 Å². The molecule has 5 nitrogen and oxygen atoms in total. The molecule has 1 unspecified atom stereocenters. The van der Waals surface area contributed by atoms with Crippen LogP contribution in [0.2, 0.25) is 0 Å². The SMILES string of the molecule is CNCC(C)CN1CCNC(=O)C1=O. The Balaban J connectivity index is 2.43. The van der Waals surface area contributed by atoms with E-state index in [1.54, 1.807) is 4.90 Å². The topological polar surface area (TPSA) is 61.4 Å². The highest BCUT2D eigenvalue weighted by molar-refractivity contribution is 6.35. The third-order valence-electron chi connectivity index (χ3n) is 2.23. The Morgan fingerprint density at radius 3 is 2.93 bits per heavy atom. The summed E-state index contributed by atoms with van der Waals surface area (Å²) in [5.74, 6) is -0.512. The molecule has 14 heavy (non-hydrogen) atoms. The minimum atomic E-state index is -0.479. The lowest BCUT2D eigenvalue weighted by Crippen LogP contribution is -2.53. The van der Waals surface area contributed by atoms with Gasteiger partial charge in [-0.3, -0.25) is 9.59 Å². The molecule has 1 fully saturated rings. The Labute approximate surface area is 83.8 Å². The average molecular weight is 199 g/mol. The molecule has 0 radical (unpaired) electrons. The summed E-state index contributed by atoms with van der Waals surface area (Å²) in [7, 11) is 1.88. The normalized spacial score (nSPS) is 19.4. The summed E-state index contributed by atoms with van der Waals surface area (Å²) in [5.41, 5.74) is 0. The Kier molecular flexibility index (Phi) is 3.88. The Hall–Kier alpha value is -1.10. The first-order chi connectivity index (χ1) is 6.65. The van der Waals surface area contributed by atoms with Crippen molar-refractivity contribution in [1.82, 2.24) is 15.5 Å². The van der Waals surface area contributed by atoms with Gasteiger partial charge in [-0.2, -0.15) is 0 Å². The number of hydrogen-bond donors (Lipinski definition) is 2. The molecule has 0 aromatic carbocycles. The van der Waals surface area contributed by atoms with Crippen LogP contribution in [0.1, 0.15) is 6.92 Å². The lowest BCUT2D eigenvalue weighted by molar-refractivity contribution is -0.148. The van der Waals surface area contributed by atoms with Gasteiger partial charge in [-0.05, 0) is 19.5 Å². The van der Waals surface area contributed by atoms with Crippen LogP contribution in [0.25, 0.3) is 0 Å². The van der Waals surface area contributed by atoms with Crippen LogP contribution in [-0.4, -0.2) is 49.9 Å². The summed E-state index contributed by atoms with van der Waals surface area (Å²) in [6.45, 7) is 4.74. The zero-order chi connectivity index (χ0) is 10.6. The number of carbonyl (C=O) groups is 2. The fraction of sp³-hybridized carbons (Fsp3) is 0.778. The Morgan fingerprint density at radius 2 is 2.29 bits per heavy atom. The largest absolute Gasteiger partial charge is 0.346 e. The second-order valence-corrected chi connectivity index (χ2v) is 3.67. The van der Waals surface area contributed by atoms with Crippen molar-refractivity contribution >= 4 is 11.8 Å². The van der Waals surface area contributed by atoms with Crippen molar-refractivity contribution in [3.63, 3.8) is 0 Å². The Bertz CT molecular complexity index is 230. The highest BCUT2D eigenvalue weighted by Gasteiger charge is 2.26. The molecule has 2 N–H and O–H groups in total. The number of hydrogen-bond acceptors (Lipinski definition) is 3. The second-order valence-electron chi connectivity index (χ2n) is 3.67. The minimum absolute atomic E-state index is 0.370. The molecule has 0 bridgehead atoms. The molecule has 0 aromatic rings. The van der Waals surface area contributed by atoms with Crippen molar-refractivity contribution in [3.05, 3.63) is 0 Å². The molecule has 1 aliphatic heterocycles. The van der Waals surface area contributed by atoms with E-state index in [1.165, 1.54) is 0 Å². The summed E-state index contributed by atoms with van der Waals surface area (Å²) in [6.07, 6.45) is 0. The molecular formula is C9H17N3O2. The second kappa shape index (κ2) is 4.95. The molecule has 2 amide bonds. The average Bonchev–Trinajstić information content (AvgIpc) is 2.13. The van der Waals surface area contributed by atoms with Gasteiger partial charge in [-0.1, -0.05) is 6.92 Å². The van der Waals surface area contributed by atoms with E-state index < -0.39 is 11.8 Å². The van der Waals surface area contributed by atoms with Crippen molar-refractivity contribution in [2.75, 3.05) is 33.2 Å². The van der Waals surface area contributed by atoms with Gasteiger partial charge in [0.05, 0.1) is 0 Å². The van der Waals surface area contributed by atoms with Crippen LogP contribution >= 0.6 is 0 Å². The molecule has 0 saturated carbocycles. The molecule has 80 valence electrons. The number of rotatable bonds is 4. The Morgan fingerprint density at radius 1 is 1.57 bits per heavy atom. The first-order valence-corrected chi connectivity index (χ1v) is 4.87. The van der Waals surface area contributed by atoms with Crippen molar-refractivity contribution in [2.45, 2.75) is 6.92 Å². The van der Waals surface area contributed by atoms with Gasteiger partial charge in [0.2, 0.25) is 0 Å². The standard InChI is InChI=1S/C9H17N3O2/c1-7(5-10-2)6-12-4-3-11-8(13)9(12)14/h7,10H,3-6H2,1-2H3,(H,11,13). The number of nitrogens with one attached hydrogen (secondary N) is 2. The van der Waals surface area contributed by atoms with Crippen LogP contribution in [-0.2, 0) is 9.59 Å². The van der Waals surface area contributed by atoms with Crippen molar-refractivity contribution < 1.29 is 9.59 Å². The molecule has 0 spiro atoms. The van der Waals surface area contributed by atoms with Gasteiger partial charge in [0.15, 0.2) is 0 Å². The maximum absolute atomic E-state index is 11.4. The van der Waals surface area contributed by atoms with E-state index in [-0.39, 0.29) is 0 Å². The maximum atomic E-state index is 11.4. The number of carbonyl (C=O) groups excluding carboxylic acids is 2. The predicted octanol–water partition coefficient (Wildman–Crippen LogP) is -1.20. The smallest absolute Gasteiger partial charge is 0.311 e. The fourth-order valence-corrected chi connectivity index (χ4v) is 1.59. The zero-order valence-electron chi connectivity index (χ0n) is 8.67. The minimum Gasteiger partial charge on any atom is -0.346 e. The van der Waals surface area contributed by atoms with E-state index >= 15 is 0 Å². The van der Waals surface area contributed by atoms with Crippen LogP contribution < -0.4 is 10.6 Å². The lowest BCUT2D eigenvalue weighted by Gasteiger charge is -2.28. The number of nitrogens with zero attached hydrogens (tertiary/aromatic N) is 1. The number of piperazine rings is 1. The molecule has 1 saturated heterocycles. The predicted molar refractivity (Wildman–Crippen MR) is 52.7 cm³/mol. The van der Waals surface area contributed by atoms with Crippen LogP contribution in [0, 0.1) is 5.92 Å². The highest BCUT2D eigenvalue weighted by atomic mass is 16.2. The molecule has 0 aliphatic carbocycles. The molecule has 5 heteroatoms. The fourth-order valence-electron chi connectivity index (χ4n) is 1.59. The lowest BCUT2D eigenvalue weighted by atomic mass is 10.1. The maximum Gasteiger partial charge on any atom is 0.311 e. The van der Waals surface area contributed by atoms with Gasteiger partial charge >= 0.3 is 11.8 Å².